The number of hydrogen-bond acceptors (Lipinski definition) is 7. The predicted octanol–water partition coefficient (Wildman–Crippen LogP) is 2.79. The molecule has 1 aliphatic heterocycles. The Hall–Kier alpha value is -2.61. The number of esters is 2. The van der Waals surface area contributed by atoms with Crippen molar-refractivity contribution in [2.24, 2.45) is 0 Å². The molecule has 156 valence electrons. The number of benzene rings is 1. The third-order valence-corrected chi connectivity index (χ3v) is 5.55. The van der Waals surface area contributed by atoms with E-state index in [4.69, 9.17) is 4.74 Å². The Morgan fingerprint density at radius 3 is 2.62 bits per heavy atom. The zero-order chi connectivity index (χ0) is 21.4. The SMILES string of the molecule is COC(=O)/C=C1/SCC(=O)N1CCCOC(=O)CCC(=O)c1ccc(C)c(C)c1. The van der Waals surface area contributed by atoms with Crippen LogP contribution in [0.3, 0.4) is 0 Å². The van der Waals surface area contributed by atoms with Gasteiger partial charge in [0.15, 0.2) is 5.78 Å². The van der Waals surface area contributed by atoms with Crippen LogP contribution in [-0.4, -0.2) is 54.5 Å². The third kappa shape index (κ3) is 6.74. The van der Waals surface area contributed by atoms with Crippen molar-refractivity contribution in [2.45, 2.75) is 33.1 Å². The molecule has 7 nitrogen and oxygen atoms in total. The van der Waals surface area contributed by atoms with Gasteiger partial charge in [0, 0.05) is 18.5 Å². The van der Waals surface area contributed by atoms with E-state index in [1.807, 2.05) is 26.0 Å². The summed E-state index contributed by atoms with van der Waals surface area (Å²) in [7, 11) is 1.27. The minimum Gasteiger partial charge on any atom is -0.466 e. The number of ether oxygens (including phenoxy) is 2. The summed E-state index contributed by atoms with van der Waals surface area (Å²) in [4.78, 5) is 48.8. The molecule has 0 aromatic heterocycles. The molecule has 0 radical (unpaired) electrons. The standard InChI is InChI=1S/C21H25NO6S/c1-14-5-6-16(11-15(14)2)17(23)7-8-20(25)28-10-4-9-22-18(24)13-29-19(22)12-21(26)27-3/h5-6,11-12H,4,7-10,13H2,1-3H3/b19-12+. The van der Waals surface area contributed by atoms with Gasteiger partial charge in [-0.2, -0.15) is 0 Å². The van der Waals surface area contributed by atoms with Crippen LogP contribution >= 0.6 is 11.8 Å². The van der Waals surface area contributed by atoms with E-state index in [2.05, 4.69) is 4.74 Å². The smallest absolute Gasteiger partial charge is 0.333 e. The summed E-state index contributed by atoms with van der Waals surface area (Å²) in [5, 5.41) is 0.534. The lowest BCUT2D eigenvalue weighted by Gasteiger charge is -2.16. The lowest BCUT2D eigenvalue weighted by atomic mass is 10.0. The minimum atomic E-state index is -0.521. The molecule has 1 amide bonds. The maximum atomic E-state index is 12.2. The zero-order valence-electron chi connectivity index (χ0n) is 16.9. The quantitative estimate of drug-likeness (QED) is 0.263. The third-order valence-electron chi connectivity index (χ3n) is 4.53. The number of rotatable bonds is 9. The van der Waals surface area contributed by atoms with Crippen molar-refractivity contribution < 1.29 is 28.7 Å². The molecule has 0 N–H and O–H groups in total. The Kier molecular flexibility index (Phi) is 8.45. The number of amides is 1. The first kappa shape index (κ1) is 22.7. The van der Waals surface area contributed by atoms with E-state index in [1.54, 1.807) is 6.07 Å². The van der Waals surface area contributed by atoms with Crippen molar-refractivity contribution in [1.29, 1.82) is 0 Å². The van der Waals surface area contributed by atoms with Gasteiger partial charge >= 0.3 is 11.9 Å². The Bertz CT molecular complexity index is 832. The van der Waals surface area contributed by atoms with Gasteiger partial charge in [-0.3, -0.25) is 14.4 Å². The molecule has 1 aromatic carbocycles. The minimum absolute atomic E-state index is 0.0117. The first-order valence-corrected chi connectivity index (χ1v) is 10.3. The highest BCUT2D eigenvalue weighted by atomic mass is 32.2. The van der Waals surface area contributed by atoms with Gasteiger partial charge in [0.1, 0.15) is 0 Å². The van der Waals surface area contributed by atoms with Crippen LogP contribution in [0, 0.1) is 13.8 Å². The summed E-state index contributed by atoms with van der Waals surface area (Å²) in [6, 6.07) is 5.48. The molecule has 8 heteroatoms. The van der Waals surface area contributed by atoms with E-state index < -0.39 is 11.9 Å². The van der Waals surface area contributed by atoms with Crippen molar-refractivity contribution in [3.8, 4) is 0 Å². The summed E-state index contributed by atoms with van der Waals surface area (Å²) < 4.78 is 9.74. The van der Waals surface area contributed by atoms with Gasteiger partial charge in [-0.25, -0.2) is 4.79 Å². The summed E-state index contributed by atoms with van der Waals surface area (Å²) in [5.74, 6) is -0.900. The first-order valence-electron chi connectivity index (χ1n) is 9.30. The van der Waals surface area contributed by atoms with Crippen LogP contribution in [0.1, 0.15) is 40.7 Å². The van der Waals surface area contributed by atoms with Gasteiger partial charge in [0.05, 0.1) is 37.0 Å². The van der Waals surface area contributed by atoms with E-state index in [0.717, 1.165) is 11.1 Å². The Morgan fingerprint density at radius 2 is 1.93 bits per heavy atom. The molecule has 0 aliphatic carbocycles. The second kappa shape index (κ2) is 10.8. The van der Waals surface area contributed by atoms with Crippen LogP contribution in [0.5, 0.6) is 0 Å². The Labute approximate surface area is 174 Å². The molecule has 1 saturated heterocycles. The summed E-state index contributed by atoms with van der Waals surface area (Å²) in [6.07, 6.45) is 1.81. The highest BCUT2D eigenvalue weighted by Gasteiger charge is 2.27. The molecule has 29 heavy (non-hydrogen) atoms. The molecule has 1 heterocycles. The monoisotopic (exact) mass is 419 g/mol. The van der Waals surface area contributed by atoms with E-state index in [0.29, 0.717) is 23.6 Å². The molecule has 0 saturated carbocycles. The van der Waals surface area contributed by atoms with E-state index in [1.165, 1.54) is 29.8 Å². The highest BCUT2D eigenvalue weighted by Crippen LogP contribution is 2.28. The number of aryl methyl sites for hydroxylation is 2. The number of carbonyl (C=O) groups is 4. The average Bonchev–Trinajstić information content (AvgIpc) is 3.04. The van der Waals surface area contributed by atoms with Crippen molar-refractivity contribution in [1.82, 2.24) is 4.90 Å². The topological polar surface area (TPSA) is 90.0 Å². The van der Waals surface area contributed by atoms with E-state index >= 15 is 0 Å². The van der Waals surface area contributed by atoms with Gasteiger partial charge in [-0.05, 0) is 37.5 Å². The Morgan fingerprint density at radius 1 is 1.17 bits per heavy atom. The molecule has 1 aromatic rings. The van der Waals surface area contributed by atoms with Crippen LogP contribution in [0.4, 0.5) is 0 Å². The molecule has 0 bridgehead atoms. The molecule has 1 fully saturated rings. The molecular weight excluding hydrogens is 394 g/mol. The van der Waals surface area contributed by atoms with Crippen LogP contribution in [0.2, 0.25) is 0 Å². The first-order chi connectivity index (χ1) is 13.8. The number of thioether (sulfide) groups is 1. The average molecular weight is 419 g/mol. The molecule has 2 rings (SSSR count). The maximum Gasteiger partial charge on any atom is 0.333 e. The zero-order valence-corrected chi connectivity index (χ0v) is 17.7. The van der Waals surface area contributed by atoms with E-state index in [-0.39, 0.29) is 36.9 Å². The molecule has 0 spiro atoms. The summed E-state index contributed by atoms with van der Waals surface area (Å²) >= 11 is 1.27. The lowest BCUT2D eigenvalue weighted by molar-refractivity contribution is -0.143. The highest BCUT2D eigenvalue weighted by molar-refractivity contribution is 8.04. The van der Waals surface area contributed by atoms with Crippen LogP contribution < -0.4 is 0 Å². The second-order valence-corrected chi connectivity index (χ2v) is 7.63. The molecular formula is C21H25NO6S. The fraction of sp³-hybridized carbons (Fsp3) is 0.429. The number of ketones is 1. The van der Waals surface area contributed by atoms with Gasteiger partial charge in [-0.1, -0.05) is 23.9 Å². The number of methoxy groups -OCH3 is 1. The number of hydrogen-bond donors (Lipinski definition) is 0. The second-order valence-electron chi connectivity index (χ2n) is 6.64. The van der Waals surface area contributed by atoms with E-state index in [9.17, 15) is 19.2 Å². The number of Topliss-reactive ketones (excluding diaryl/α,β-unsaturated/α-hetero) is 1. The van der Waals surface area contributed by atoms with Crippen LogP contribution in [0.15, 0.2) is 29.3 Å². The molecule has 0 unspecified atom stereocenters. The van der Waals surface area contributed by atoms with Crippen molar-refractivity contribution >= 4 is 35.4 Å². The summed E-state index contributed by atoms with van der Waals surface area (Å²) in [5.41, 5.74) is 2.74. The van der Waals surface area contributed by atoms with Gasteiger partial charge in [0.2, 0.25) is 5.91 Å². The predicted molar refractivity (Wildman–Crippen MR) is 109 cm³/mol. The van der Waals surface area contributed by atoms with Crippen molar-refractivity contribution in [2.75, 3.05) is 26.0 Å². The lowest BCUT2D eigenvalue weighted by Crippen LogP contribution is -2.27. The van der Waals surface area contributed by atoms with Crippen molar-refractivity contribution in [3.63, 3.8) is 0 Å². The Balaban J connectivity index is 1.72. The normalized spacial score (nSPS) is 14.9. The number of carbonyl (C=O) groups excluding carboxylic acids is 4. The molecule has 1 aliphatic rings. The number of nitrogens with zero attached hydrogens (tertiary/aromatic N) is 1. The summed E-state index contributed by atoms with van der Waals surface area (Å²) in [6.45, 7) is 4.39. The van der Waals surface area contributed by atoms with Gasteiger partial charge in [-0.15, -0.1) is 0 Å². The van der Waals surface area contributed by atoms with Crippen molar-refractivity contribution in [3.05, 3.63) is 46.0 Å². The maximum absolute atomic E-state index is 12.2. The fourth-order valence-electron chi connectivity index (χ4n) is 2.68. The van der Waals surface area contributed by atoms with Gasteiger partial charge < -0.3 is 14.4 Å². The molecule has 0 atom stereocenters. The van der Waals surface area contributed by atoms with Crippen LogP contribution in [-0.2, 0) is 23.9 Å². The van der Waals surface area contributed by atoms with Crippen LogP contribution in [0.25, 0.3) is 0 Å². The fourth-order valence-corrected chi connectivity index (χ4v) is 3.64. The van der Waals surface area contributed by atoms with Gasteiger partial charge in [0.25, 0.3) is 0 Å². The largest absolute Gasteiger partial charge is 0.466 e.